The molecule has 0 spiro atoms. The van der Waals surface area contributed by atoms with Crippen molar-refractivity contribution in [3.63, 3.8) is 0 Å². The molecule has 6 aliphatic rings. The number of rotatable bonds is 32. The number of likely N-dealkylation sites (tertiary alicyclic amines) is 4. The minimum atomic E-state index is -1.02. The largest absolute Gasteiger partial charge is 0.480 e. The van der Waals surface area contributed by atoms with E-state index in [0.29, 0.717) is 103 Å². The van der Waals surface area contributed by atoms with Crippen molar-refractivity contribution in [2.45, 2.75) is 281 Å². The SMILES string of the molecule is CCCC(NC(C)C(=O)N1C(C(=O)O)CC2CCCCC21)C(=O)O.CCCC(NC(C)C(=O)N1C(C(=O)O)CC2CCCCC21)C(=O)OCC.CCOC(=O)[C@H](CCc1ccccc1)N[C@@H](C)C(=O)N1CCC[C@H]1C(=O)O.C[C@H](N[C@@H](CCc1ccccc1)C(=O)O)C(=O)N1CCC[C@H]1C(=O)O. The number of fused-ring (bicyclic) bond motifs is 2. The van der Waals surface area contributed by atoms with E-state index in [0.717, 1.165) is 68.9 Å². The fourth-order valence-corrected chi connectivity index (χ4v) is 15.1. The van der Waals surface area contributed by atoms with Gasteiger partial charge in [0, 0.05) is 25.2 Å². The van der Waals surface area contributed by atoms with Crippen LogP contribution in [-0.4, -0.2) is 233 Å². The zero-order chi connectivity index (χ0) is 75.3. The van der Waals surface area contributed by atoms with Crippen LogP contribution >= 0.6 is 0 Å². The van der Waals surface area contributed by atoms with E-state index in [1.165, 1.54) is 14.7 Å². The summed E-state index contributed by atoms with van der Waals surface area (Å²) < 4.78 is 10.2. The van der Waals surface area contributed by atoms with Crippen LogP contribution in [0.25, 0.3) is 0 Å². The Kier molecular flexibility index (Phi) is 35.2. The second-order valence-corrected chi connectivity index (χ2v) is 27.5. The van der Waals surface area contributed by atoms with Gasteiger partial charge in [-0.05, 0) is 167 Å². The van der Waals surface area contributed by atoms with E-state index in [9.17, 15) is 88.2 Å². The van der Waals surface area contributed by atoms with Gasteiger partial charge in [0.1, 0.15) is 48.3 Å². The number of esters is 2. The van der Waals surface area contributed by atoms with E-state index < -0.39 is 114 Å². The van der Waals surface area contributed by atoms with Crippen molar-refractivity contribution in [1.82, 2.24) is 40.9 Å². The molecule has 2 aliphatic carbocycles. The summed E-state index contributed by atoms with van der Waals surface area (Å²) in [6.07, 6.45) is 15.7. The summed E-state index contributed by atoms with van der Waals surface area (Å²) in [7, 11) is 0. The third kappa shape index (κ3) is 24.6. The van der Waals surface area contributed by atoms with Gasteiger partial charge < -0.3 is 59.7 Å². The maximum Gasteiger partial charge on any atom is 0.326 e. The maximum atomic E-state index is 13.1. The molecule has 4 amide bonds. The summed E-state index contributed by atoms with van der Waals surface area (Å²) in [6, 6.07) is 10.6. The summed E-state index contributed by atoms with van der Waals surface area (Å²) in [5.74, 6) is -7.32. The Hall–Kier alpha value is -8.08. The molecule has 568 valence electrons. The Labute approximate surface area is 598 Å². The van der Waals surface area contributed by atoms with E-state index >= 15 is 0 Å². The number of carbonyl (C=O) groups excluding carboxylic acids is 6. The summed E-state index contributed by atoms with van der Waals surface area (Å²) in [6.45, 7) is 15.3. The Morgan fingerprint density at radius 3 is 1.06 bits per heavy atom. The van der Waals surface area contributed by atoms with Crippen molar-refractivity contribution < 1.29 is 97.6 Å². The number of hydrogen-bond acceptors (Lipinski definition) is 18. The highest BCUT2D eigenvalue weighted by molar-refractivity contribution is 5.91. The summed E-state index contributed by atoms with van der Waals surface area (Å²) in [4.78, 5) is 150. The maximum absolute atomic E-state index is 13.1. The Morgan fingerprint density at radius 1 is 0.402 bits per heavy atom. The molecule has 102 heavy (non-hydrogen) atoms. The van der Waals surface area contributed by atoms with Crippen molar-refractivity contribution >= 4 is 71.4 Å². The average Bonchev–Trinajstić information content (AvgIpc) is 1.63. The number of nitrogens with one attached hydrogen (secondary N) is 4. The quantitative estimate of drug-likeness (QED) is 0.0368. The Morgan fingerprint density at radius 2 is 0.716 bits per heavy atom. The zero-order valence-electron chi connectivity index (χ0n) is 60.6. The molecule has 4 heterocycles. The Balaban J connectivity index is 0.000000245. The number of aliphatic carboxylic acids is 6. The molecule has 6 fully saturated rings. The van der Waals surface area contributed by atoms with E-state index in [4.69, 9.17) is 9.47 Å². The summed E-state index contributed by atoms with van der Waals surface area (Å²) in [5, 5.41) is 68.0. The standard InChI is InChI=1S/C20H28N2O5.C19H32N2O5.C18H24N2O5.C17H28N2O5/c1-3-27-20(26)16(12-11-15-8-5-4-6-9-15)21-14(2)18(23)22-13-7-10-17(22)19(24)25;1-4-8-14(19(25)26-5-2)20-12(3)17(22)21-15-10-7-6-9-13(15)11-16(21)18(23)24;1-12(16(21)20-11-5-8-15(20)18(24)25)19-14(17(22)23)10-9-13-6-3-2-4-7-13;1-3-6-12(16(21)22)18-10(2)15(20)19-13-8-5-4-7-11(13)9-14(19)17(23)24/h4-6,8-9,14,16-17,21H,3,7,10-13H2,1-2H3,(H,24,25);12-16,20H,4-11H2,1-3H3,(H,23,24);2-4,6-7,12,14-15,19H,5,8-11H2,1H3,(H,22,23)(H,24,25);10-14,18H,3-9H2,1-2H3,(H,21,22)(H,23,24)/t14-,16-,17-;;12-,14-,15-;/m0.0./s1. The van der Waals surface area contributed by atoms with Gasteiger partial charge in [0.15, 0.2) is 0 Å². The molecule has 0 radical (unpaired) electrons. The van der Waals surface area contributed by atoms with E-state index in [2.05, 4.69) is 21.3 Å². The first-order chi connectivity index (χ1) is 48.6. The van der Waals surface area contributed by atoms with E-state index in [1.807, 2.05) is 74.5 Å². The lowest BCUT2D eigenvalue weighted by atomic mass is 9.84. The third-order valence-corrected chi connectivity index (χ3v) is 20.2. The van der Waals surface area contributed by atoms with Crippen LogP contribution in [0.15, 0.2) is 60.7 Å². The molecule has 10 unspecified atom stereocenters. The second kappa shape index (κ2) is 42.5. The van der Waals surface area contributed by atoms with Gasteiger partial charge in [-0.1, -0.05) is 113 Å². The Bertz CT molecular complexity index is 3090. The van der Waals surface area contributed by atoms with Gasteiger partial charge in [0.05, 0.1) is 37.4 Å². The van der Waals surface area contributed by atoms with Gasteiger partial charge in [-0.2, -0.15) is 0 Å². The molecular formula is C74H112N8O20. The smallest absolute Gasteiger partial charge is 0.326 e. The number of amides is 4. The van der Waals surface area contributed by atoms with Crippen LogP contribution in [0.4, 0.5) is 0 Å². The minimum Gasteiger partial charge on any atom is -0.480 e. The number of carboxylic acids is 6. The first-order valence-electron chi connectivity index (χ1n) is 36.7. The fraction of sp³-hybridized carbons (Fsp3) is 0.676. The highest BCUT2D eigenvalue weighted by atomic mass is 16.5. The number of carbonyl (C=O) groups is 12. The predicted octanol–water partition coefficient (Wildman–Crippen LogP) is 6.13. The van der Waals surface area contributed by atoms with Crippen molar-refractivity contribution in [3.8, 4) is 0 Å². The van der Waals surface area contributed by atoms with Crippen molar-refractivity contribution in [1.29, 1.82) is 0 Å². The number of ether oxygens (including phenoxy) is 2. The van der Waals surface area contributed by atoms with Crippen LogP contribution in [0.2, 0.25) is 0 Å². The highest BCUT2D eigenvalue weighted by Crippen LogP contribution is 2.42. The second-order valence-electron chi connectivity index (χ2n) is 27.5. The molecule has 28 heteroatoms. The number of nitrogens with zero attached hydrogens (tertiary/aromatic N) is 4. The van der Waals surface area contributed by atoms with Crippen LogP contribution in [-0.2, 0) is 79.8 Å². The number of carboxylic acid groups (broad SMARTS) is 6. The molecule has 0 aromatic heterocycles. The molecule has 4 aliphatic heterocycles. The summed E-state index contributed by atoms with van der Waals surface area (Å²) >= 11 is 0. The van der Waals surface area contributed by atoms with Crippen molar-refractivity contribution in [3.05, 3.63) is 71.8 Å². The minimum absolute atomic E-state index is 0.00817. The molecule has 4 saturated heterocycles. The lowest BCUT2D eigenvalue weighted by Crippen LogP contribution is -2.55. The molecule has 10 N–H and O–H groups in total. The molecule has 2 aromatic rings. The number of aryl methyl sites for hydroxylation is 2. The van der Waals surface area contributed by atoms with Crippen molar-refractivity contribution in [2.75, 3.05) is 26.3 Å². The molecule has 0 bridgehead atoms. The van der Waals surface area contributed by atoms with Crippen LogP contribution < -0.4 is 21.3 Å². The van der Waals surface area contributed by atoms with Gasteiger partial charge >= 0.3 is 47.8 Å². The van der Waals surface area contributed by atoms with Crippen LogP contribution in [0.3, 0.4) is 0 Å². The normalized spacial score (nSPS) is 23.5. The zero-order valence-corrected chi connectivity index (χ0v) is 60.6. The van der Waals surface area contributed by atoms with Crippen LogP contribution in [0.5, 0.6) is 0 Å². The summed E-state index contributed by atoms with van der Waals surface area (Å²) in [5.41, 5.74) is 2.12. The van der Waals surface area contributed by atoms with Crippen molar-refractivity contribution in [2.24, 2.45) is 11.8 Å². The first-order valence-corrected chi connectivity index (χ1v) is 36.7. The average molecular weight is 1430 g/mol. The van der Waals surface area contributed by atoms with E-state index in [1.54, 1.807) is 46.4 Å². The van der Waals surface area contributed by atoms with Gasteiger partial charge in [-0.15, -0.1) is 0 Å². The molecular weight excluding hydrogens is 1320 g/mol. The molecule has 2 saturated carbocycles. The number of hydrogen-bond donors (Lipinski definition) is 10. The lowest BCUT2D eigenvalue weighted by Gasteiger charge is -2.35. The van der Waals surface area contributed by atoms with Crippen LogP contribution in [0, 0.1) is 11.8 Å². The van der Waals surface area contributed by atoms with Crippen LogP contribution in [0.1, 0.15) is 195 Å². The van der Waals surface area contributed by atoms with Gasteiger partial charge in [-0.25, -0.2) is 19.2 Å². The molecule has 28 nitrogen and oxygen atoms in total. The van der Waals surface area contributed by atoms with Gasteiger partial charge in [-0.3, -0.25) is 59.6 Å². The topological polar surface area (TPSA) is 406 Å². The van der Waals surface area contributed by atoms with Gasteiger partial charge in [0.2, 0.25) is 23.6 Å². The highest BCUT2D eigenvalue weighted by Gasteiger charge is 2.50. The monoisotopic (exact) mass is 1430 g/mol. The fourth-order valence-electron chi connectivity index (χ4n) is 15.1. The van der Waals surface area contributed by atoms with Gasteiger partial charge in [0.25, 0.3) is 0 Å². The number of benzene rings is 2. The first kappa shape index (κ1) is 84.6. The third-order valence-electron chi connectivity index (χ3n) is 20.2. The van der Waals surface area contributed by atoms with E-state index in [-0.39, 0.29) is 60.1 Å². The molecule has 8 rings (SSSR count). The predicted molar refractivity (Wildman–Crippen MR) is 375 cm³/mol. The lowest BCUT2D eigenvalue weighted by molar-refractivity contribution is -0.152. The molecule has 2 aromatic carbocycles. The molecule has 16 atom stereocenters.